The Morgan fingerprint density at radius 1 is 1.17 bits per heavy atom. The van der Waals surface area contributed by atoms with E-state index in [2.05, 4.69) is 0 Å². The number of fused-ring (bicyclic) bond motifs is 1. The summed E-state index contributed by atoms with van der Waals surface area (Å²) in [5.74, 6) is 0. The van der Waals surface area contributed by atoms with Crippen LogP contribution in [0.15, 0.2) is 0 Å². The number of ether oxygens (including phenoxy) is 4. The van der Waals surface area contributed by atoms with Crippen LogP contribution in [0.1, 0.15) is 0 Å². The minimum absolute atomic E-state index is 0.0372. The molecule has 0 saturated carbocycles. The molecule has 0 aromatic heterocycles. The second-order valence-electron chi connectivity index (χ2n) is 2.83. The highest BCUT2D eigenvalue weighted by atomic mass is 16.7. The number of aliphatic hydroxyl groups is 1. The minimum Gasteiger partial charge on any atom is -0.394 e. The maximum absolute atomic E-state index is 8.93. The first-order valence-corrected chi connectivity index (χ1v) is 3.95. The molecule has 0 aromatic rings. The molecule has 2 rings (SSSR count). The van der Waals surface area contributed by atoms with Crippen LogP contribution in [-0.4, -0.2) is 50.2 Å². The first-order valence-electron chi connectivity index (χ1n) is 3.95. The third-order valence-corrected chi connectivity index (χ3v) is 2.10. The average Bonchev–Trinajstić information content (AvgIpc) is 2.17. The zero-order valence-electron chi connectivity index (χ0n) is 6.64. The van der Waals surface area contributed by atoms with Gasteiger partial charge < -0.3 is 24.1 Å². The predicted octanol–water partition coefficient (Wildman–Crippen LogP) is -0.907. The van der Waals surface area contributed by atoms with E-state index in [1.54, 1.807) is 0 Å². The van der Waals surface area contributed by atoms with Gasteiger partial charge >= 0.3 is 0 Å². The molecular formula is C7H12O5. The highest BCUT2D eigenvalue weighted by Gasteiger charge is 2.38. The van der Waals surface area contributed by atoms with Crippen molar-refractivity contribution in [2.45, 2.75) is 18.3 Å². The van der Waals surface area contributed by atoms with Gasteiger partial charge in [-0.1, -0.05) is 0 Å². The van der Waals surface area contributed by atoms with E-state index < -0.39 is 0 Å². The standard InChI is InChI=1S/C7H12O5/c8-1-5-7-6(11-4-10-5)2-9-3-12-7/h5-8H,1-4H2/t5-,6+,7-/m0/s1. The van der Waals surface area contributed by atoms with Crippen LogP contribution in [0.5, 0.6) is 0 Å². The summed E-state index contributed by atoms with van der Waals surface area (Å²) in [5.41, 5.74) is 0. The van der Waals surface area contributed by atoms with Crippen molar-refractivity contribution in [3.8, 4) is 0 Å². The molecule has 70 valence electrons. The van der Waals surface area contributed by atoms with Crippen LogP contribution in [0.2, 0.25) is 0 Å². The van der Waals surface area contributed by atoms with E-state index in [0.717, 1.165) is 0 Å². The Morgan fingerprint density at radius 3 is 2.92 bits per heavy atom. The molecule has 2 heterocycles. The first kappa shape index (κ1) is 8.40. The van der Waals surface area contributed by atoms with Gasteiger partial charge in [-0.05, 0) is 0 Å². The van der Waals surface area contributed by atoms with Gasteiger partial charge in [0.2, 0.25) is 0 Å². The molecule has 5 heteroatoms. The van der Waals surface area contributed by atoms with Crippen LogP contribution >= 0.6 is 0 Å². The van der Waals surface area contributed by atoms with Crippen molar-refractivity contribution in [3.05, 3.63) is 0 Å². The van der Waals surface area contributed by atoms with Crippen LogP contribution in [0, 0.1) is 0 Å². The van der Waals surface area contributed by atoms with E-state index in [4.69, 9.17) is 24.1 Å². The first-order chi connectivity index (χ1) is 5.92. The van der Waals surface area contributed by atoms with Gasteiger partial charge in [0.05, 0.1) is 13.2 Å². The number of rotatable bonds is 1. The van der Waals surface area contributed by atoms with E-state index in [9.17, 15) is 0 Å². The number of aliphatic hydroxyl groups excluding tert-OH is 1. The lowest BCUT2D eigenvalue weighted by Crippen LogP contribution is -2.54. The number of hydrogen-bond donors (Lipinski definition) is 1. The molecule has 2 fully saturated rings. The Labute approximate surface area is 70.2 Å². The molecule has 2 aliphatic heterocycles. The monoisotopic (exact) mass is 176 g/mol. The third kappa shape index (κ3) is 1.46. The number of hydrogen-bond acceptors (Lipinski definition) is 5. The summed E-state index contributed by atoms with van der Waals surface area (Å²) in [6.45, 7) is 0.943. The molecule has 12 heavy (non-hydrogen) atoms. The van der Waals surface area contributed by atoms with Gasteiger partial charge in [-0.15, -0.1) is 0 Å². The SMILES string of the molecule is OC[C@@H]1OCO[C@@H]2COCO[C@@H]12. The molecule has 1 N–H and O–H groups in total. The van der Waals surface area contributed by atoms with Gasteiger partial charge in [0.25, 0.3) is 0 Å². The van der Waals surface area contributed by atoms with Crippen LogP contribution in [0.3, 0.4) is 0 Å². The molecule has 5 nitrogen and oxygen atoms in total. The third-order valence-electron chi connectivity index (χ3n) is 2.10. The van der Waals surface area contributed by atoms with Crippen molar-refractivity contribution in [2.75, 3.05) is 26.8 Å². The minimum atomic E-state index is -0.271. The molecular weight excluding hydrogens is 164 g/mol. The Kier molecular flexibility index (Phi) is 2.57. The fraction of sp³-hybridized carbons (Fsp3) is 1.00. The van der Waals surface area contributed by atoms with Crippen molar-refractivity contribution < 1.29 is 24.1 Å². The summed E-state index contributed by atoms with van der Waals surface area (Å²) in [5, 5.41) is 8.93. The molecule has 0 unspecified atom stereocenters. The van der Waals surface area contributed by atoms with Gasteiger partial charge in [-0.3, -0.25) is 0 Å². The van der Waals surface area contributed by atoms with Gasteiger partial charge in [-0.2, -0.15) is 0 Å². The van der Waals surface area contributed by atoms with E-state index in [1.165, 1.54) is 0 Å². The Morgan fingerprint density at radius 2 is 2.08 bits per heavy atom. The molecule has 0 bridgehead atoms. The smallest absolute Gasteiger partial charge is 0.147 e. The second kappa shape index (κ2) is 3.68. The lowest BCUT2D eigenvalue weighted by atomic mass is 10.1. The van der Waals surface area contributed by atoms with Gasteiger partial charge in [0, 0.05) is 0 Å². The molecule has 0 aromatic carbocycles. The summed E-state index contributed by atoms with van der Waals surface area (Å²) < 4.78 is 20.7. The van der Waals surface area contributed by atoms with Crippen LogP contribution in [0.25, 0.3) is 0 Å². The van der Waals surface area contributed by atoms with Crippen molar-refractivity contribution in [1.29, 1.82) is 0 Å². The highest BCUT2D eigenvalue weighted by molar-refractivity contribution is 4.82. The summed E-state index contributed by atoms with van der Waals surface area (Å²) in [7, 11) is 0. The van der Waals surface area contributed by atoms with Crippen molar-refractivity contribution in [3.63, 3.8) is 0 Å². The average molecular weight is 176 g/mol. The molecule has 3 atom stereocenters. The highest BCUT2D eigenvalue weighted by Crippen LogP contribution is 2.20. The maximum atomic E-state index is 8.93. The molecule has 2 aliphatic rings. The summed E-state index contributed by atoms with van der Waals surface area (Å²) >= 11 is 0. The quantitative estimate of drug-likeness (QED) is 0.560. The zero-order chi connectivity index (χ0) is 8.39. The molecule has 0 amide bonds. The van der Waals surface area contributed by atoms with Gasteiger partial charge in [-0.25, -0.2) is 0 Å². The Balaban J connectivity index is 1.99. The van der Waals surface area contributed by atoms with E-state index in [0.29, 0.717) is 6.61 Å². The van der Waals surface area contributed by atoms with E-state index in [1.807, 2.05) is 0 Å². The van der Waals surface area contributed by atoms with Gasteiger partial charge in [0.1, 0.15) is 31.9 Å². The zero-order valence-corrected chi connectivity index (χ0v) is 6.64. The predicted molar refractivity (Wildman–Crippen MR) is 37.4 cm³/mol. The lowest BCUT2D eigenvalue weighted by molar-refractivity contribution is -0.304. The van der Waals surface area contributed by atoms with Crippen molar-refractivity contribution in [1.82, 2.24) is 0 Å². The summed E-state index contributed by atoms with van der Waals surface area (Å²) in [6.07, 6.45) is -0.546. The van der Waals surface area contributed by atoms with Crippen LogP contribution in [0.4, 0.5) is 0 Å². The van der Waals surface area contributed by atoms with Crippen LogP contribution in [-0.2, 0) is 18.9 Å². The molecule has 2 saturated heterocycles. The van der Waals surface area contributed by atoms with Crippen molar-refractivity contribution >= 4 is 0 Å². The second-order valence-corrected chi connectivity index (χ2v) is 2.83. The maximum Gasteiger partial charge on any atom is 0.147 e. The fourth-order valence-electron chi connectivity index (χ4n) is 1.45. The lowest BCUT2D eigenvalue weighted by Gasteiger charge is -2.39. The molecule has 0 spiro atoms. The van der Waals surface area contributed by atoms with Gasteiger partial charge in [0.15, 0.2) is 0 Å². The Hall–Kier alpha value is -0.200. The normalized spacial score (nSPS) is 42.2. The summed E-state index contributed by atoms with van der Waals surface area (Å²) in [6, 6.07) is 0. The molecule has 0 aliphatic carbocycles. The topological polar surface area (TPSA) is 57.2 Å². The van der Waals surface area contributed by atoms with E-state index >= 15 is 0 Å². The van der Waals surface area contributed by atoms with Crippen molar-refractivity contribution in [2.24, 2.45) is 0 Å². The van der Waals surface area contributed by atoms with E-state index in [-0.39, 0.29) is 38.5 Å². The fourth-order valence-corrected chi connectivity index (χ4v) is 1.45. The van der Waals surface area contributed by atoms with Crippen LogP contribution < -0.4 is 0 Å². The molecule has 0 radical (unpaired) electrons. The Bertz CT molecular complexity index is 142. The largest absolute Gasteiger partial charge is 0.394 e. The summed E-state index contributed by atoms with van der Waals surface area (Å²) in [4.78, 5) is 0.